The van der Waals surface area contributed by atoms with Crippen LogP contribution in [0.25, 0.3) is 49.4 Å². The van der Waals surface area contributed by atoms with E-state index < -0.39 is 0 Å². The first-order chi connectivity index (χ1) is 15.3. The Kier molecular flexibility index (Phi) is 4.03. The molecule has 0 fully saturated rings. The SMILES string of the molecule is CCc1cccc(CC)c1-c1cnc2c3ccccc3c3cc4ccncc4cc3n12. The zero-order valence-corrected chi connectivity index (χ0v) is 17.8. The molecule has 0 aliphatic rings. The van der Waals surface area contributed by atoms with Crippen LogP contribution in [0.4, 0.5) is 0 Å². The molecule has 0 aliphatic carbocycles. The van der Waals surface area contributed by atoms with E-state index in [1.165, 1.54) is 49.4 Å². The van der Waals surface area contributed by atoms with Gasteiger partial charge in [0.05, 0.1) is 17.4 Å². The quantitative estimate of drug-likeness (QED) is 0.236. The Labute approximate surface area is 181 Å². The summed E-state index contributed by atoms with van der Waals surface area (Å²) in [5.74, 6) is 0. The highest BCUT2D eigenvalue weighted by atomic mass is 15.0. The molecule has 0 saturated carbocycles. The van der Waals surface area contributed by atoms with Gasteiger partial charge in [-0.1, -0.05) is 56.3 Å². The van der Waals surface area contributed by atoms with Gasteiger partial charge in [0.1, 0.15) is 5.65 Å². The maximum Gasteiger partial charge on any atom is 0.145 e. The van der Waals surface area contributed by atoms with Crippen LogP contribution in [0.3, 0.4) is 0 Å². The molecule has 0 aliphatic heterocycles. The fourth-order valence-electron chi connectivity index (χ4n) is 4.97. The van der Waals surface area contributed by atoms with Crippen LogP contribution in [-0.4, -0.2) is 14.4 Å². The lowest BCUT2D eigenvalue weighted by molar-refractivity contribution is 1.08. The lowest BCUT2D eigenvalue weighted by Gasteiger charge is -2.16. The summed E-state index contributed by atoms with van der Waals surface area (Å²) in [5.41, 5.74) is 7.41. The van der Waals surface area contributed by atoms with E-state index in [1.54, 1.807) is 0 Å². The fourth-order valence-corrected chi connectivity index (χ4v) is 4.97. The summed E-state index contributed by atoms with van der Waals surface area (Å²) in [7, 11) is 0. The lowest BCUT2D eigenvalue weighted by atomic mass is 9.95. The number of fused-ring (bicyclic) bond motifs is 7. The number of rotatable bonds is 3. The molecular formula is C28H23N3. The topological polar surface area (TPSA) is 30.2 Å². The van der Waals surface area contributed by atoms with Crippen molar-refractivity contribution in [3.8, 4) is 11.3 Å². The van der Waals surface area contributed by atoms with Crippen LogP contribution in [0, 0.1) is 0 Å². The van der Waals surface area contributed by atoms with Gasteiger partial charge in [-0.3, -0.25) is 9.38 Å². The van der Waals surface area contributed by atoms with Gasteiger partial charge in [0.2, 0.25) is 0 Å². The third-order valence-corrected chi connectivity index (χ3v) is 6.47. The molecule has 31 heavy (non-hydrogen) atoms. The molecule has 0 spiro atoms. The normalized spacial score (nSPS) is 11.8. The van der Waals surface area contributed by atoms with Crippen LogP contribution >= 0.6 is 0 Å². The van der Waals surface area contributed by atoms with Crippen LogP contribution in [0.5, 0.6) is 0 Å². The smallest absolute Gasteiger partial charge is 0.145 e. The lowest BCUT2D eigenvalue weighted by Crippen LogP contribution is -1.99. The highest BCUT2D eigenvalue weighted by molar-refractivity contribution is 6.15. The van der Waals surface area contributed by atoms with E-state index in [2.05, 4.69) is 90.1 Å². The van der Waals surface area contributed by atoms with Crippen LogP contribution in [-0.2, 0) is 12.8 Å². The third-order valence-electron chi connectivity index (χ3n) is 6.47. The van der Waals surface area contributed by atoms with Crippen molar-refractivity contribution in [2.75, 3.05) is 0 Å². The molecule has 0 atom stereocenters. The standard InChI is InChI=1S/C28H23N3/c1-3-18-8-7-9-19(4-2)27(18)26-17-30-28-23-11-6-5-10-22(23)24-14-20-12-13-29-16-21(20)15-25(24)31(26)28/h5-17H,3-4H2,1-2H3. The molecule has 3 nitrogen and oxygen atoms in total. The number of imidazole rings is 1. The summed E-state index contributed by atoms with van der Waals surface area (Å²) < 4.78 is 2.36. The minimum absolute atomic E-state index is 0.995. The molecule has 0 bridgehead atoms. The maximum atomic E-state index is 4.95. The Balaban J connectivity index is 1.86. The molecule has 3 aromatic carbocycles. The second-order valence-electron chi connectivity index (χ2n) is 8.10. The Morgan fingerprint density at radius 2 is 1.52 bits per heavy atom. The number of hydrogen-bond donors (Lipinski definition) is 0. The zero-order valence-electron chi connectivity index (χ0n) is 17.8. The van der Waals surface area contributed by atoms with E-state index in [0.29, 0.717) is 0 Å². The summed E-state index contributed by atoms with van der Waals surface area (Å²) in [6.07, 6.45) is 7.86. The summed E-state index contributed by atoms with van der Waals surface area (Å²) in [5, 5.41) is 6.01. The molecule has 3 aromatic heterocycles. The molecule has 6 aromatic rings. The number of benzene rings is 3. The van der Waals surface area contributed by atoms with Gasteiger partial charge in [-0.2, -0.15) is 0 Å². The van der Waals surface area contributed by atoms with Gasteiger partial charge in [-0.25, -0.2) is 4.98 Å². The van der Waals surface area contributed by atoms with Crippen molar-refractivity contribution in [1.82, 2.24) is 14.4 Å². The van der Waals surface area contributed by atoms with Gasteiger partial charge < -0.3 is 0 Å². The molecule has 3 heterocycles. The molecule has 0 unspecified atom stereocenters. The van der Waals surface area contributed by atoms with Crippen LogP contribution < -0.4 is 0 Å². The Morgan fingerprint density at radius 3 is 2.29 bits per heavy atom. The summed E-state index contributed by atoms with van der Waals surface area (Å²) in [6, 6.07) is 21.9. The van der Waals surface area contributed by atoms with E-state index in [1.807, 2.05) is 12.4 Å². The first-order valence-electron chi connectivity index (χ1n) is 11.0. The monoisotopic (exact) mass is 401 g/mol. The highest BCUT2D eigenvalue weighted by Gasteiger charge is 2.18. The molecule has 0 amide bonds. The molecule has 6 rings (SSSR count). The summed E-state index contributed by atoms with van der Waals surface area (Å²) in [4.78, 5) is 9.31. The van der Waals surface area contributed by atoms with Crippen LogP contribution in [0.2, 0.25) is 0 Å². The van der Waals surface area contributed by atoms with Gasteiger partial charge in [-0.15, -0.1) is 0 Å². The van der Waals surface area contributed by atoms with Gasteiger partial charge >= 0.3 is 0 Å². The van der Waals surface area contributed by atoms with Gasteiger partial charge in [-0.05, 0) is 52.9 Å². The van der Waals surface area contributed by atoms with Crippen molar-refractivity contribution in [3.63, 3.8) is 0 Å². The number of aromatic nitrogens is 3. The first kappa shape index (κ1) is 18.1. The Morgan fingerprint density at radius 1 is 0.742 bits per heavy atom. The minimum Gasteiger partial charge on any atom is -0.292 e. The minimum atomic E-state index is 0.995. The second kappa shape index (κ2) is 6.92. The predicted molar refractivity (Wildman–Crippen MR) is 130 cm³/mol. The van der Waals surface area contributed by atoms with Gasteiger partial charge in [0.25, 0.3) is 0 Å². The second-order valence-corrected chi connectivity index (χ2v) is 8.10. The van der Waals surface area contributed by atoms with E-state index in [0.717, 1.165) is 23.9 Å². The third kappa shape index (κ3) is 2.59. The van der Waals surface area contributed by atoms with Gasteiger partial charge in [0, 0.05) is 34.1 Å². The van der Waals surface area contributed by atoms with E-state index in [4.69, 9.17) is 4.98 Å². The number of pyridine rings is 2. The van der Waals surface area contributed by atoms with Crippen LogP contribution in [0.15, 0.2) is 79.3 Å². The van der Waals surface area contributed by atoms with Crippen molar-refractivity contribution in [3.05, 3.63) is 90.4 Å². The van der Waals surface area contributed by atoms with Crippen molar-refractivity contribution >= 4 is 38.1 Å². The Bertz CT molecular complexity index is 1590. The van der Waals surface area contributed by atoms with Crippen molar-refractivity contribution in [2.24, 2.45) is 0 Å². The molecule has 150 valence electrons. The maximum absolute atomic E-state index is 4.95. The Hall–Kier alpha value is -3.72. The van der Waals surface area contributed by atoms with Crippen LogP contribution in [0.1, 0.15) is 25.0 Å². The average Bonchev–Trinajstić information content (AvgIpc) is 3.27. The van der Waals surface area contributed by atoms with Crippen molar-refractivity contribution in [2.45, 2.75) is 26.7 Å². The number of hydrogen-bond acceptors (Lipinski definition) is 2. The molecule has 0 N–H and O–H groups in total. The van der Waals surface area contributed by atoms with Gasteiger partial charge in [0.15, 0.2) is 0 Å². The highest BCUT2D eigenvalue weighted by Crippen LogP contribution is 2.37. The molecular weight excluding hydrogens is 378 g/mol. The number of aryl methyl sites for hydroxylation is 2. The predicted octanol–water partition coefficient (Wildman–Crippen LogP) is 6.98. The first-order valence-corrected chi connectivity index (χ1v) is 11.0. The van der Waals surface area contributed by atoms with E-state index in [9.17, 15) is 0 Å². The van der Waals surface area contributed by atoms with E-state index >= 15 is 0 Å². The summed E-state index contributed by atoms with van der Waals surface area (Å²) in [6.45, 7) is 4.46. The zero-order chi connectivity index (χ0) is 20.9. The summed E-state index contributed by atoms with van der Waals surface area (Å²) >= 11 is 0. The van der Waals surface area contributed by atoms with Crippen molar-refractivity contribution in [1.29, 1.82) is 0 Å². The molecule has 0 radical (unpaired) electrons. The average molecular weight is 402 g/mol. The van der Waals surface area contributed by atoms with E-state index in [-0.39, 0.29) is 0 Å². The number of nitrogens with zero attached hydrogens (tertiary/aromatic N) is 3. The van der Waals surface area contributed by atoms with Crippen molar-refractivity contribution < 1.29 is 0 Å². The largest absolute Gasteiger partial charge is 0.292 e. The molecule has 3 heteroatoms. The fraction of sp³-hybridized carbons (Fsp3) is 0.143. The molecule has 0 saturated heterocycles.